The Bertz CT molecular complexity index is 1080. The van der Waals surface area contributed by atoms with Crippen LogP contribution in [-0.2, 0) is 27.8 Å². The SMILES string of the molecule is O=C(CCc1ccc(S(=O)(=O)N2CCCCC2)cc1)NCc1nc2ccccc2[nH]1. The molecule has 1 aliphatic heterocycles. The molecule has 1 fully saturated rings. The zero-order valence-corrected chi connectivity index (χ0v) is 17.6. The summed E-state index contributed by atoms with van der Waals surface area (Å²) in [4.78, 5) is 20.1. The Morgan fingerprint density at radius 1 is 1.03 bits per heavy atom. The topological polar surface area (TPSA) is 95.2 Å². The number of carbonyl (C=O) groups excluding carboxylic acids is 1. The highest BCUT2D eigenvalue weighted by molar-refractivity contribution is 7.89. The summed E-state index contributed by atoms with van der Waals surface area (Å²) >= 11 is 0. The molecule has 3 aromatic rings. The molecule has 1 saturated heterocycles. The summed E-state index contributed by atoms with van der Waals surface area (Å²) < 4.78 is 27.0. The Labute approximate surface area is 176 Å². The second kappa shape index (κ2) is 8.97. The first-order chi connectivity index (χ1) is 14.5. The van der Waals surface area contributed by atoms with Crippen molar-refractivity contribution in [2.75, 3.05) is 13.1 Å². The number of imidazole rings is 1. The first-order valence-corrected chi connectivity index (χ1v) is 11.8. The van der Waals surface area contributed by atoms with Crippen LogP contribution in [0.1, 0.15) is 37.1 Å². The number of aromatic nitrogens is 2. The number of aromatic amines is 1. The van der Waals surface area contributed by atoms with Crippen LogP contribution in [0.25, 0.3) is 11.0 Å². The van der Waals surface area contributed by atoms with Crippen molar-refractivity contribution in [3.8, 4) is 0 Å². The van der Waals surface area contributed by atoms with Gasteiger partial charge in [0.15, 0.2) is 0 Å². The molecule has 4 rings (SSSR count). The summed E-state index contributed by atoms with van der Waals surface area (Å²) in [5.74, 6) is 0.650. The van der Waals surface area contributed by atoms with Gasteiger partial charge in [-0.05, 0) is 49.1 Å². The highest BCUT2D eigenvalue weighted by Crippen LogP contribution is 2.21. The Balaban J connectivity index is 1.28. The fraction of sp³-hybridized carbons (Fsp3) is 0.364. The molecular weight excluding hydrogens is 400 g/mol. The maximum atomic E-state index is 12.7. The normalized spacial score (nSPS) is 15.3. The van der Waals surface area contributed by atoms with Crippen molar-refractivity contribution in [1.29, 1.82) is 0 Å². The second-order valence-electron chi connectivity index (χ2n) is 7.59. The quantitative estimate of drug-likeness (QED) is 0.607. The van der Waals surface area contributed by atoms with Gasteiger partial charge in [0.25, 0.3) is 0 Å². The molecule has 2 aromatic carbocycles. The number of amides is 1. The van der Waals surface area contributed by atoms with Crippen LogP contribution in [0.4, 0.5) is 0 Å². The van der Waals surface area contributed by atoms with Crippen molar-refractivity contribution in [3.05, 3.63) is 59.9 Å². The number of rotatable bonds is 7. The van der Waals surface area contributed by atoms with E-state index >= 15 is 0 Å². The van der Waals surface area contributed by atoms with E-state index in [1.54, 1.807) is 28.6 Å². The molecule has 2 N–H and O–H groups in total. The van der Waals surface area contributed by atoms with E-state index in [1.807, 2.05) is 24.3 Å². The van der Waals surface area contributed by atoms with Gasteiger partial charge in [-0.2, -0.15) is 4.31 Å². The highest BCUT2D eigenvalue weighted by Gasteiger charge is 2.25. The third-order valence-electron chi connectivity index (χ3n) is 5.41. The van der Waals surface area contributed by atoms with Crippen molar-refractivity contribution in [1.82, 2.24) is 19.6 Å². The van der Waals surface area contributed by atoms with Gasteiger partial charge in [0, 0.05) is 19.5 Å². The van der Waals surface area contributed by atoms with Crippen LogP contribution in [0.2, 0.25) is 0 Å². The van der Waals surface area contributed by atoms with Crippen LogP contribution in [0.3, 0.4) is 0 Å². The van der Waals surface area contributed by atoms with Crippen molar-refractivity contribution in [3.63, 3.8) is 0 Å². The number of carbonyl (C=O) groups is 1. The average Bonchev–Trinajstić information content (AvgIpc) is 3.20. The summed E-state index contributed by atoms with van der Waals surface area (Å²) in [6.45, 7) is 1.53. The van der Waals surface area contributed by atoms with Crippen LogP contribution >= 0.6 is 0 Å². The van der Waals surface area contributed by atoms with Crippen LogP contribution in [-0.4, -0.2) is 41.7 Å². The van der Waals surface area contributed by atoms with Gasteiger partial charge in [-0.1, -0.05) is 30.7 Å². The van der Waals surface area contributed by atoms with E-state index in [-0.39, 0.29) is 5.91 Å². The molecule has 0 spiro atoms. The zero-order chi connectivity index (χ0) is 21.0. The lowest BCUT2D eigenvalue weighted by molar-refractivity contribution is -0.121. The van der Waals surface area contributed by atoms with Gasteiger partial charge in [-0.25, -0.2) is 13.4 Å². The minimum Gasteiger partial charge on any atom is -0.349 e. The third kappa shape index (κ3) is 4.71. The number of piperidine rings is 1. The Kier molecular flexibility index (Phi) is 6.15. The van der Waals surface area contributed by atoms with Crippen LogP contribution < -0.4 is 5.32 Å². The molecule has 1 aromatic heterocycles. The van der Waals surface area contributed by atoms with Crippen molar-refractivity contribution in [2.24, 2.45) is 0 Å². The molecule has 1 amide bonds. The number of nitrogens with one attached hydrogen (secondary N) is 2. The molecule has 0 saturated carbocycles. The van der Waals surface area contributed by atoms with E-state index in [2.05, 4.69) is 15.3 Å². The summed E-state index contributed by atoms with van der Waals surface area (Å²) in [5, 5.41) is 2.87. The first kappa shape index (κ1) is 20.6. The van der Waals surface area contributed by atoms with Gasteiger partial charge >= 0.3 is 0 Å². The number of nitrogens with zero attached hydrogens (tertiary/aromatic N) is 2. The molecular formula is C22H26N4O3S. The number of benzene rings is 2. The predicted octanol–water partition coefficient (Wildman–Crippen LogP) is 2.99. The fourth-order valence-electron chi connectivity index (χ4n) is 3.70. The lowest BCUT2D eigenvalue weighted by Crippen LogP contribution is -2.35. The van der Waals surface area contributed by atoms with E-state index in [1.165, 1.54) is 0 Å². The van der Waals surface area contributed by atoms with Gasteiger partial charge in [0.1, 0.15) is 5.82 Å². The molecule has 1 aliphatic rings. The number of fused-ring (bicyclic) bond motifs is 1. The molecule has 0 radical (unpaired) electrons. The zero-order valence-electron chi connectivity index (χ0n) is 16.8. The van der Waals surface area contributed by atoms with E-state index in [9.17, 15) is 13.2 Å². The maximum absolute atomic E-state index is 12.7. The number of aryl methyl sites for hydroxylation is 1. The maximum Gasteiger partial charge on any atom is 0.243 e. The minimum atomic E-state index is -3.42. The number of para-hydroxylation sites is 2. The van der Waals surface area contributed by atoms with Crippen molar-refractivity contribution >= 4 is 27.0 Å². The van der Waals surface area contributed by atoms with E-state index in [0.717, 1.165) is 41.7 Å². The molecule has 30 heavy (non-hydrogen) atoms. The van der Waals surface area contributed by atoms with Crippen molar-refractivity contribution < 1.29 is 13.2 Å². The molecule has 0 unspecified atom stereocenters. The summed E-state index contributed by atoms with van der Waals surface area (Å²) in [5.41, 5.74) is 2.76. The van der Waals surface area contributed by atoms with Crippen LogP contribution in [0.15, 0.2) is 53.4 Å². The summed E-state index contributed by atoms with van der Waals surface area (Å²) in [6, 6.07) is 14.6. The van der Waals surface area contributed by atoms with Gasteiger partial charge in [0.05, 0.1) is 22.5 Å². The number of hydrogen-bond donors (Lipinski definition) is 2. The van der Waals surface area contributed by atoms with Gasteiger partial charge in [-0.15, -0.1) is 0 Å². The smallest absolute Gasteiger partial charge is 0.243 e. The first-order valence-electron chi connectivity index (χ1n) is 10.3. The molecule has 0 atom stereocenters. The van der Waals surface area contributed by atoms with Gasteiger partial charge < -0.3 is 10.3 Å². The van der Waals surface area contributed by atoms with Gasteiger partial charge in [-0.3, -0.25) is 4.79 Å². The lowest BCUT2D eigenvalue weighted by atomic mass is 10.1. The van der Waals surface area contributed by atoms with Crippen LogP contribution in [0.5, 0.6) is 0 Å². The molecule has 7 nitrogen and oxygen atoms in total. The number of H-pyrrole nitrogens is 1. The predicted molar refractivity (Wildman–Crippen MR) is 115 cm³/mol. The minimum absolute atomic E-state index is 0.0690. The van der Waals surface area contributed by atoms with E-state index in [0.29, 0.717) is 37.4 Å². The molecule has 2 heterocycles. The lowest BCUT2D eigenvalue weighted by Gasteiger charge is -2.25. The molecule has 0 aliphatic carbocycles. The molecule has 158 valence electrons. The summed E-state index contributed by atoms with van der Waals surface area (Å²) in [7, 11) is -3.42. The second-order valence-corrected chi connectivity index (χ2v) is 9.52. The number of sulfonamides is 1. The number of hydrogen-bond acceptors (Lipinski definition) is 4. The molecule has 0 bridgehead atoms. The Morgan fingerprint density at radius 2 is 1.77 bits per heavy atom. The fourth-order valence-corrected chi connectivity index (χ4v) is 5.22. The van der Waals surface area contributed by atoms with Crippen molar-refractivity contribution in [2.45, 2.75) is 43.5 Å². The largest absolute Gasteiger partial charge is 0.349 e. The average molecular weight is 427 g/mol. The summed E-state index contributed by atoms with van der Waals surface area (Å²) in [6.07, 6.45) is 3.80. The monoisotopic (exact) mass is 426 g/mol. The third-order valence-corrected chi connectivity index (χ3v) is 7.32. The van der Waals surface area contributed by atoms with E-state index < -0.39 is 10.0 Å². The standard InChI is InChI=1S/C22H26N4O3S/c27-22(23-16-21-24-19-6-2-3-7-20(19)25-21)13-10-17-8-11-18(12-9-17)30(28,29)26-14-4-1-5-15-26/h2-3,6-9,11-12H,1,4-5,10,13-16H2,(H,23,27)(H,24,25). The Hall–Kier alpha value is -2.71. The van der Waals surface area contributed by atoms with E-state index in [4.69, 9.17) is 0 Å². The van der Waals surface area contributed by atoms with Crippen LogP contribution in [0, 0.1) is 0 Å². The Morgan fingerprint density at radius 3 is 2.50 bits per heavy atom. The molecule has 8 heteroatoms. The van der Waals surface area contributed by atoms with Gasteiger partial charge in [0.2, 0.25) is 15.9 Å². The highest BCUT2D eigenvalue weighted by atomic mass is 32.2.